The fraction of sp³-hybridized carbons (Fsp3) is 0.836. The molecule has 2 atom stereocenters. The number of carbonyl (C=O) groups is 2. The summed E-state index contributed by atoms with van der Waals surface area (Å²) < 4.78 is 5.45. The van der Waals surface area contributed by atoms with Gasteiger partial charge in [-0.1, -0.05) is 242 Å². The van der Waals surface area contributed by atoms with E-state index in [-0.39, 0.29) is 18.5 Å². The van der Waals surface area contributed by atoms with E-state index in [1.165, 1.54) is 193 Å². The van der Waals surface area contributed by atoms with Crippen molar-refractivity contribution in [1.82, 2.24) is 5.32 Å². The van der Waals surface area contributed by atoms with E-state index in [0.29, 0.717) is 19.4 Å². The summed E-state index contributed by atoms with van der Waals surface area (Å²) >= 11 is 0. The van der Waals surface area contributed by atoms with E-state index in [1.807, 2.05) is 6.08 Å². The number of unbranched alkanes of at least 4 members (excludes halogenated alkanes) is 37. The molecule has 0 saturated carbocycles. The van der Waals surface area contributed by atoms with E-state index in [9.17, 15) is 19.8 Å². The van der Waals surface area contributed by atoms with Crippen molar-refractivity contribution in [2.45, 2.75) is 315 Å². The number of rotatable bonds is 54. The quantitative estimate of drug-likeness (QED) is 0.0321. The van der Waals surface area contributed by atoms with Crippen molar-refractivity contribution >= 4 is 11.9 Å². The van der Waals surface area contributed by atoms with Crippen LogP contribution in [0.1, 0.15) is 303 Å². The number of carbonyl (C=O) groups excluding carboxylic acids is 2. The molecule has 0 radical (unpaired) electrons. The minimum atomic E-state index is -0.856. The number of allylic oxidation sites excluding steroid dienone is 7. The lowest BCUT2D eigenvalue weighted by atomic mass is 10.0. The molecule has 0 aliphatic rings. The first-order valence-electron chi connectivity index (χ1n) is 29.4. The van der Waals surface area contributed by atoms with Crippen LogP contribution < -0.4 is 5.32 Å². The van der Waals surface area contributed by atoms with E-state index in [0.717, 1.165) is 83.5 Å². The molecule has 0 aliphatic carbocycles. The summed E-state index contributed by atoms with van der Waals surface area (Å²) in [7, 11) is 0. The first-order chi connectivity index (χ1) is 33.0. The lowest BCUT2D eigenvalue weighted by Crippen LogP contribution is -2.45. The maximum Gasteiger partial charge on any atom is 0.305 e. The van der Waals surface area contributed by atoms with E-state index in [2.05, 4.69) is 55.6 Å². The smallest absolute Gasteiger partial charge is 0.305 e. The van der Waals surface area contributed by atoms with Gasteiger partial charge in [0.05, 0.1) is 25.4 Å². The second kappa shape index (κ2) is 56.4. The Morgan fingerprint density at radius 3 is 1.15 bits per heavy atom. The molecular formula is C61H113NO5. The molecule has 0 spiro atoms. The number of amides is 1. The number of hydrogen-bond donors (Lipinski definition) is 3. The number of esters is 1. The second-order valence-electron chi connectivity index (χ2n) is 20.0. The molecule has 3 N–H and O–H groups in total. The number of hydrogen-bond acceptors (Lipinski definition) is 5. The molecule has 0 heterocycles. The second-order valence-corrected chi connectivity index (χ2v) is 20.0. The Morgan fingerprint density at radius 2 is 0.746 bits per heavy atom. The van der Waals surface area contributed by atoms with Gasteiger partial charge in [-0.05, 0) is 96.3 Å². The van der Waals surface area contributed by atoms with Crippen molar-refractivity contribution in [2.75, 3.05) is 13.2 Å². The Kier molecular flexibility index (Phi) is 54.6. The first-order valence-corrected chi connectivity index (χ1v) is 29.4. The molecule has 0 saturated heterocycles. The van der Waals surface area contributed by atoms with Gasteiger partial charge in [0.1, 0.15) is 0 Å². The normalized spacial score (nSPS) is 13.0. The molecule has 1 amide bonds. The van der Waals surface area contributed by atoms with Crippen LogP contribution in [0.25, 0.3) is 0 Å². The van der Waals surface area contributed by atoms with Crippen molar-refractivity contribution in [3.8, 4) is 0 Å². The van der Waals surface area contributed by atoms with Crippen LogP contribution in [0.2, 0.25) is 0 Å². The standard InChI is InChI=1S/C61H113NO5/c1-3-5-7-9-11-13-15-17-19-22-25-29-33-37-41-45-49-53-59(64)58(57-63)62-60(65)54-50-46-42-38-34-30-26-23-21-24-28-32-36-40-44-48-52-56-67-61(66)55-51-47-43-39-35-31-27-20-18-16-14-12-10-8-6-4-2/h20-21,24,27,32,36,49,53,58-59,63-64H,3-19,22-23,25-26,28-31,33-35,37-48,50-52,54-57H2,1-2H3,(H,62,65)/b24-21-,27-20-,36-32-,53-49+. The minimum absolute atomic E-state index is 0.0241. The zero-order valence-corrected chi connectivity index (χ0v) is 44.6. The van der Waals surface area contributed by atoms with Gasteiger partial charge in [-0.2, -0.15) is 0 Å². The maximum absolute atomic E-state index is 12.5. The Morgan fingerprint density at radius 1 is 0.418 bits per heavy atom. The van der Waals surface area contributed by atoms with Crippen LogP contribution in [0.5, 0.6) is 0 Å². The molecule has 6 nitrogen and oxygen atoms in total. The van der Waals surface area contributed by atoms with Gasteiger partial charge in [-0.15, -0.1) is 0 Å². The summed E-state index contributed by atoms with van der Waals surface area (Å²) in [6.45, 7) is 4.86. The van der Waals surface area contributed by atoms with Crippen LogP contribution in [0, 0.1) is 0 Å². The number of nitrogens with one attached hydrogen (secondary N) is 1. The van der Waals surface area contributed by atoms with E-state index in [1.54, 1.807) is 6.08 Å². The average molecular weight is 941 g/mol. The summed E-state index contributed by atoms with van der Waals surface area (Å²) in [5.74, 6) is -0.108. The number of aliphatic hydroxyl groups is 2. The molecule has 0 rings (SSSR count). The van der Waals surface area contributed by atoms with Gasteiger partial charge in [0.25, 0.3) is 0 Å². The van der Waals surface area contributed by atoms with Crippen molar-refractivity contribution in [2.24, 2.45) is 0 Å². The predicted octanol–water partition coefficient (Wildman–Crippen LogP) is 18.2. The Balaban J connectivity index is 3.53. The number of aliphatic hydroxyl groups excluding tert-OH is 2. The SMILES string of the molecule is CCCCCCCCC/C=C\CCCCCCCC(=O)OCCCCC/C=C\C/C=C\CCCCCCCCCC(=O)NC(CO)C(O)/C=C/CCCCCCCCCCCCCCCCC. The van der Waals surface area contributed by atoms with Gasteiger partial charge in [0.2, 0.25) is 5.91 Å². The summed E-state index contributed by atoms with van der Waals surface area (Å²) in [6.07, 6.45) is 71.3. The van der Waals surface area contributed by atoms with Crippen molar-refractivity contribution < 1.29 is 24.5 Å². The summed E-state index contributed by atoms with van der Waals surface area (Å²) in [5.41, 5.74) is 0. The molecule has 0 fully saturated rings. The number of ether oxygens (including phenoxy) is 1. The van der Waals surface area contributed by atoms with E-state index in [4.69, 9.17) is 4.74 Å². The van der Waals surface area contributed by atoms with Crippen molar-refractivity contribution in [3.63, 3.8) is 0 Å². The largest absolute Gasteiger partial charge is 0.466 e. The van der Waals surface area contributed by atoms with Crippen LogP contribution in [-0.2, 0) is 14.3 Å². The lowest BCUT2D eigenvalue weighted by Gasteiger charge is -2.20. The molecule has 0 aromatic rings. The van der Waals surface area contributed by atoms with Crippen LogP contribution in [-0.4, -0.2) is 47.4 Å². The van der Waals surface area contributed by atoms with E-state index >= 15 is 0 Å². The Hall–Kier alpha value is -2.18. The monoisotopic (exact) mass is 940 g/mol. The minimum Gasteiger partial charge on any atom is -0.466 e. The van der Waals surface area contributed by atoms with Gasteiger partial charge in [0, 0.05) is 12.8 Å². The van der Waals surface area contributed by atoms with Gasteiger partial charge >= 0.3 is 5.97 Å². The fourth-order valence-corrected chi connectivity index (χ4v) is 8.78. The maximum atomic E-state index is 12.5. The van der Waals surface area contributed by atoms with E-state index < -0.39 is 12.1 Å². The van der Waals surface area contributed by atoms with Gasteiger partial charge < -0.3 is 20.3 Å². The molecule has 0 aromatic heterocycles. The predicted molar refractivity (Wildman–Crippen MR) is 292 cm³/mol. The van der Waals surface area contributed by atoms with Gasteiger partial charge in [-0.3, -0.25) is 9.59 Å². The highest BCUT2D eigenvalue weighted by molar-refractivity contribution is 5.76. The highest BCUT2D eigenvalue weighted by Crippen LogP contribution is 2.16. The Bertz CT molecular complexity index is 1130. The topological polar surface area (TPSA) is 95.9 Å². The fourth-order valence-electron chi connectivity index (χ4n) is 8.78. The third kappa shape index (κ3) is 53.0. The summed E-state index contributed by atoms with van der Waals surface area (Å²) in [4.78, 5) is 24.5. The molecule has 0 bridgehead atoms. The highest BCUT2D eigenvalue weighted by atomic mass is 16.5. The molecular weight excluding hydrogens is 827 g/mol. The zero-order valence-electron chi connectivity index (χ0n) is 44.6. The lowest BCUT2D eigenvalue weighted by molar-refractivity contribution is -0.143. The first kappa shape index (κ1) is 64.8. The van der Waals surface area contributed by atoms with Gasteiger partial charge in [0.15, 0.2) is 0 Å². The average Bonchev–Trinajstić information content (AvgIpc) is 3.33. The van der Waals surface area contributed by atoms with Crippen molar-refractivity contribution in [3.05, 3.63) is 48.6 Å². The third-order valence-electron chi connectivity index (χ3n) is 13.3. The molecule has 0 aliphatic heterocycles. The van der Waals surface area contributed by atoms with Gasteiger partial charge in [-0.25, -0.2) is 0 Å². The van der Waals surface area contributed by atoms with Crippen LogP contribution in [0.15, 0.2) is 48.6 Å². The molecule has 67 heavy (non-hydrogen) atoms. The van der Waals surface area contributed by atoms with Crippen molar-refractivity contribution in [1.29, 1.82) is 0 Å². The third-order valence-corrected chi connectivity index (χ3v) is 13.3. The molecule has 0 aromatic carbocycles. The van der Waals surface area contributed by atoms with Crippen LogP contribution in [0.3, 0.4) is 0 Å². The summed E-state index contributed by atoms with van der Waals surface area (Å²) in [6, 6.07) is -0.641. The van der Waals surface area contributed by atoms with Crippen LogP contribution in [0.4, 0.5) is 0 Å². The molecule has 2 unspecified atom stereocenters. The Labute approximate surface area is 416 Å². The molecule has 6 heteroatoms. The molecule has 392 valence electrons. The van der Waals surface area contributed by atoms with Crippen LogP contribution >= 0.6 is 0 Å². The summed E-state index contributed by atoms with van der Waals surface area (Å²) in [5, 5.41) is 23.1. The zero-order chi connectivity index (χ0) is 48.6. The highest BCUT2D eigenvalue weighted by Gasteiger charge is 2.18.